The van der Waals surface area contributed by atoms with Crippen molar-refractivity contribution in [1.29, 1.82) is 0 Å². The third kappa shape index (κ3) is 3.01. The van der Waals surface area contributed by atoms with Gasteiger partial charge in [-0.1, -0.05) is 45.2 Å². The maximum absolute atomic E-state index is 9.24. The minimum atomic E-state index is 0.214. The fourth-order valence-electron chi connectivity index (χ4n) is 3.58. The molecule has 0 aliphatic heterocycles. The maximum atomic E-state index is 9.24. The fraction of sp³-hybridized carbons (Fsp3) is 0.667. The fourth-order valence-corrected chi connectivity index (χ4v) is 3.58. The van der Waals surface area contributed by atoms with Crippen molar-refractivity contribution in [3.05, 3.63) is 28.8 Å². The average Bonchev–Trinajstić information content (AvgIpc) is 2.47. The monoisotopic (exact) mass is 276 g/mol. The summed E-state index contributed by atoms with van der Waals surface area (Å²) in [6, 6.07) is 4.48. The summed E-state index contributed by atoms with van der Waals surface area (Å²) in [6.07, 6.45) is 8.18. The second kappa shape index (κ2) is 6.62. The van der Waals surface area contributed by atoms with Gasteiger partial charge in [0.15, 0.2) is 0 Å². The van der Waals surface area contributed by atoms with Crippen molar-refractivity contribution in [3.63, 3.8) is 0 Å². The number of aryl methyl sites for hydroxylation is 1. The van der Waals surface area contributed by atoms with E-state index in [-0.39, 0.29) is 12.0 Å². The van der Waals surface area contributed by atoms with Gasteiger partial charge < -0.3 is 9.84 Å². The first-order valence-corrected chi connectivity index (χ1v) is 7.95. The molecular formula is C18H28O2. The van der Waals surface area contributed by atoms with Gasteiger partial charge in [-0.25, -0.2) is 0 Å². The summed E-state index contributed by atoms with van der Waals surface area (Å²) < 4.78 is 5.76. The van der Waals surface area contributed by atoms with E-state index in [1.165, 1.54) is 48.8 Å². The zero-order chi connectivity index (χ0) is 14.6. The Bertz CT molecular complexity index is 445. The van der Waals surface area contributed by atoms with Gasteiger partial charge in [0, 0.05) is 12.2 Å². The Kier molecular flexibility index (Phi) is 5.09. The van der Waals surface area contributed by atoms with Crippen molar-refractivity contribution in [2.45, 2.75) is 64.2 Å². The van der Waals surface area contributed by atoms with E-state index >= 15 is 0 Å². The number of aliphatic hydroxyl groups excluding tert-OH is 1. The minimum Gasteiger partial charge on any atom is -0.496 e. The summed E-state index contributed by atoms with van der Waals surface area (Å²) in [5.74, 6) is 1.08. The van der Waals surface area contributed by atoms with E-state index in [9.17, 15) is 5.11 Å². The maximum Gasteiger partial charge on any atom is 0.125 e. The highest BCUT2D eigenvalue weighted by Crippen LogP contribution is 2.44. The van der Waals surface area contributed by atoms with Gasteiger partial charge in [0.25, 0.3) is 0 Å². The molecule has 20 heavy (non-hydrogen) atoms. The zero-order valence-electron chi connectivity index (χ0n) is 13.2. The second-order valence-corrected chi connectivity index (χ2v) is 6.28. The van der Waals surface area contributed by atoms with Crippen LogP contribution in [-0.4, -0.2) is 18.8 Å². The van der Waals surface area contributed by atoms with Crippen molar-refractivity contribution in [2.75, 3.05) is 13.7 Å². The molecule has 0 aromatic heterocycles. The lowest BCUT2D eigenvalue weighted by atomic mass is 9.70. The van der Waals surface area contributed by atoms with Crippen LogP contribution in [0.1, 0.15) is 62.6 Å². The molecule has 0 saturated heterocycles. The molecule has 112 valence electrons. The molecule has 0 heterocycles. The van der Waals surface area contributed by atoms with Crippen LogP contribution in [0.25, 0.3) is 0 Å². The van der Waals surface area contributed by atoms with E-state index < -0.39 is 0 Å². The highest BCUT2D eigenvalue weighted by atomic mass is 16.5. The van der Waals surface area contributed by atoms with E-state index in [1.54, 1.807) is 7.11 Å². The molecule has 2 heteroatoms. The van der Waals surface area contributed by atoms with Gasteiger partial charge in [0.1, 0.15) is 5.75 Å². The lowest BCUT2D eigenvalue weighted by Gasteiger charge is -2.36. The van der Waals surface area contributed by atoms with E-state index in [4.69, 9.17) is 4.74 Å². The van der Waals surface area contributed by atoms with Crippen molar-refractivity contribution in [3.8, 4) is 5.75 Å². The number of ether oxygens (including phenoxy) is 1. The molecule has 1 aliphatic carbocycles. The molecule has 1 aromatic rings. The van der Waals surface area contributed by atoms with Crippen LogP contribution in [0.4, 0.5) is 0 Å². The van der Waals surface area contributed by atoms with Crippen LogP contribution in [0.15, 0.2) is 12.1 Å². The molecule has 2 rings (SSSR count). The quantitative estimate of drug-likeness (QED) is 0.880. The van der Waals surface area contributed by atoms with Crippen molar-refractivity contribution in [2.24, 2.45) is 0 Å². The van der Waals surface area contributed by atoms with Crippen molar-refractivity contribution < 1.29 is 9.84 Å². The molecular weight excluding hydrogens is 248 g/mol. The Morgan fingerprint density at radius 1 is 1.20 bits per heavy atom. The molecule has 1 saturated carbocycles. The zero-order valence-corrected chi connectivity index (χ0v) is 13.2. The Morgan fingerprint density at radius 2 is 1.90 bits per heavy atom. The van der Waals surface area contributed by atoms with Gasteiger partial charge in [-0.3, -0.25) is 0 Å². The summed E-state index contributed by atoms with van der Waals surface area (Å²) in [6.45, 7) is 4.77. The summed E-state index contributed by atoms with van der Waals surface area (Å²) in [7, 11) is 1.79. The third-order valence-corrected chi connectivity index (χ3v) is 4.82. The molecule has 0 unspecified atom stereocenters. The van der Waals surface area contributed by atoms with Crippen LogP contribution in [0.2, 0.25) is 0 Å². The summed E-state index contributed by atoms with van der Waals surface area (Å²) in [4.78, 5) is 0. The predicted octanol–water partition coefficient (Wildman–Crippen LogP) is 4.01. The van der Waals surface area contributed by atoms with Crippen LogP contribution >= 0.6 is 0 Å². The van der Waals surface area contributed by atoms with Gasteiger partial charge in [0.05, 0.1) is 7.11 Å². The summed E-state index contributed by atoms with van der Waals surface area (Å²) >= 11 is 0. The van der Waals surface area contributed by atoms with Crippen LogP contribution in [0, 0.1) is 0 Å². The van der Waals surface area contributed by atoms with Crippen LogP contribution < -0.4 is 4.74 Å². The molecule has 0 bridgehead atoms. The van der Waals surface area contributed by atoms with Gasteiger partial charge >= 0.3 is 0 Å². The van der Waals surface area contributed by atoms with Gasteiger partial charge in [-0.15, -0.1) is 0 Å². The number of methoxy groups -OCH3 is 1. The first kappa shape index (κ1) is 15.4. The van der Waals surface area contributed by atoms with E-state index in [1.807, 2.05) is 0 Å². The highest BCUT2D eigenvalue weighted by Gasteiger charge is 2.32. The first-order valence-electron chi connectivity index (χ1n) is 7.95. The molecule has 2 nitrogen and oxygen atoms in total. The molecule has 0 spiro atoms. The van der Waals surface area contributed by atoms with E-state index in [0.29, 0.717) is 0 Å². The Hall–Kier alpha value is -1.02. The summed E-state index contributed by atoms with van der Waals surface area (Å²) in [5, 5.41) is 9.24. The van der Waals surface area contributed by atoms with E-state index in [0.717, 1.165) is 18.6 Å². The normalized spacial score (nSPS) is 18.0. The van der Waals surface area contributed by atoms with E-state index in [2.05, 4.69) is 26.0 Å². The van der Waals surface area contributed by atoms with Gasteiger partial charge in [0.2, 0.25) is 0 Å². The third-order valence-electron chi connectivity index (χ3n) is 4.82. The molecule has 1 fully saturated rings. The molecule has 1 aromatic carbocycles. The van der Waals surface area contributed by atoms with Crippen LogP contribution in [0.5, 0.6) is 5.75 Å². The second-order valence-electron chi connectivity index (χ2n) is 6.28. The number of hydrogen-bond donors (Lipinski definition) is 1. The van der Waals surface area contributed by atoms with Gasteiger partial charge in [-0.2, -0.15) is 0 Å². The minimum absolute atomic E-state index is 0.214. The SMILES string of the molecule is CCc1cc(CCO)cc(C2(C)CCCCC2)c1OC. The van der Waals surface area contributed by atoms with Crippen molar-refractivity contribution in [1.82, 2.24) is 0 Å². The molecule has 0 atom stereocenters. The number of hydrogen-bond acceptors (Lipinski definition) is 2. The van der Waals surface area contributed by atoms with Gasteiger partial charge in [-0.05, 0) is 42.2 Å². The Labute approximate surface area is 123 Å². The topological polar surface area (TPSA) is 29.5 Å². The lowest BCUT2D eigenvalue weighted by molar-refractivity contribution is 0.295. The molecule has 0 amide bonds. The standard InChI is InChI=1S/C18H28O2/c1-4-15-12-14(8-11-19)13-16(17(15)20-3)18(2)9-6-5-7-10-18/h12-13,19H,4-11H2,1-3H3. The largest absolute Gasteiger partial charge is 0.496 e. The number of benzene rings is 1. The average molecular weight is 276 g/mol. The summed E-state index contributed by atoms with van der Waals surface area (Å²) in [5.41, 5.74) is 4.12. The van der Waals surface area contributed by atoms with Crippen LogP contribution in [0.3, 0.4) is 0 Å². The molecule has 0 radical (unpaired) electrons. The predicted molar refractivity (Wildman–Crippen MR) is 83.6 cm³/mol. The van der Waals surface area contributed by atoms with Crippen LogP contribution in [-0.2, 0) is 18.3 Å². The first-order chi connectivity index (χ1) is 9.64. The lowest BCUT2D eigenvalue weighted by Crippen LogP contribution is -2.26. The Morgan fingerprint density at radius 3 is 2.45 bits per heavy atom. The Balaban J connectivity index is 2.50. The molecule has 1 N–H and O–H groups in total. The number of aliphatic hydroxyl groups is 1. The molecule has 1 aliphatic rings. The highest BCUT2D eigenvalue weighted by molar-refractivity contribution is 5.49. The smallest absolute Gasteiger partial charge is 0.125 e. The van der Waals surface area contributed by atoms with Crippen molar-refractivity contribution >= 4 is 0 Å². The number of rotatable bonds is 5.